The molecule has 0 atom stereocenters. The molecule has 20 rings (SSSR count). The maximum absolute atomic E-state index is 11.9. The predicted octanol–water partition coefficient (Wildman–Crippen LogP) is 23.9. The van der Waals surface area contributed by atoms with Gasteiger partial charge in [-0.3, -0.25) is 4.79 Å². The fourth-order valence-electron chi connectivity index (χ4n) is 14.2. The molecule has 0 saturated carbocycles. The Morgan fingerprint density at radius 1 is 0.252 bits per heavy atom. The molecule has 0 aliphatic rings. The quantitative estimate of drug-likeness (QED) is 0.103. The van der Waals surface area contributed by atoms with Gasteiger partial charge in [0, 0.05) is 108 Å². The minimum atomic E-state index is 0.114. The maximum atomic E-state index is 11.9. The van der Waals surface area contributed by atoms with Gasteiger partial charge in [-0.2, -0.15) is 25.5 Å². The van der Waals surface area contributed by atoms with E-state index in [1.807, 2.05) is 254 Å². The van der Waals surface area contributed by atoms with E-state index in [1.54, 1.807) is 23.4 Å². The molecule has 0 radical (unpaired) electrons. The molecule has 0 aliphatic carbocycles. The number of nitrogens with zero attached hydrogens (tertiary/aromatic N) is 20. The number of carbonyl (C=O) groups excluding carboxylic acids is 1. The Labute approximate surface area is 737 Å². The van der Waals surface area contributed by atoms with Crippen molar-refractivity contribution >= 4 is 131 Å². The van der Waals surface area contributed by atoms with Crippen LogP contribution in [0.3, 0.4) is 0 Å². The van der Waals surface area contributed by atoms with Gasteiger partial charge >= 0.3 is 0 Å². The topological polar surface area (TPSA) is 235 Å². The Morgan fingerprint density at radius 3 is 0.732 bits per heavy atom. The van der Waals surface area contributed by atoms with Crippen molar-refractivity contribution in [2.24, 2.45) is 35.2 Å². The molecule has 20 aromatic rings. The second-order valence-electron chi connectivity index (χ2n) is 28.9. The molecule has 10 aromatic heterocycles. The molecule has 0 amide bonds. The van der Waals surface area contributed by atoms with Crippen LogP contribution in [-0.2, 0) is 35.2 Å². The lowest BCUT2D eigenvalue weighted by Crippen LogP contribution is -1.95. The fraction of sp³-hybridized carbons (Fsp3) is 0.104. The first-order chi connectivity index (χ1) is 59.7. The van der Waals surface area contributed by atoms with Gasteiger partial charge in [0.1, 0.15) is 56.9 Å². The third-order valence-electron chi connectivity index (χ3n) is 20.7. The molecule has 10 aromatic carbocycles. The Balaban J connectivity index is 0.000000114. The Hall–Kier alpha value is -13.6. The number of benzene rings is 10. The van der Waals surface area contributed by atoms with Gasteiger partial charge in [-0.25, -0.2) is 23.4 Å². The highest BCUT2D eigenvalue weighted by molar-refractivity contribution is 6.41. The average molecular weight is 1740 g/mol. The number of hydrogen-bond acceptors (Lipinski definition) is 16. The lowest BCUT2D eigenvalue weighted by atomic mass is 10.0. The standard InChI is InChI=1S/C21H17ClN4O.3C19H15ClN4.C18H12Cl2N4/c1-3-16(27)13-9-11-15(12-10-13)19-17-18(22)20(14-7-5-4-6-8-14)23-24-21(17)26(2)25-19;1-12-8-6-7-11-14(12)18-15-16(20)17(13-9-4-3-5-10-13)21-22-19(15)24(2)23-18;2*1-12-8-10-14(11-9-12)17-15-16(20)18(13-6-4-3-5-7-13)21-22-19(15)24(2)23-17;1-24-18-14(16(23-24)12-7-9-13(19)10-8-12)15(20)17(21-22-18)11-5-3-2-4-6-11/h4-12H,3H2,1-2H3;3*3-11H,1-2H3;2-10H,1H3. The average Bonchev–Trinajstić information content (AvgIpc) is 1.65. The minimum absolute atomic E-state index is 0.114. The number of halogens is 6. The second-order valence-corrected chi connectivity index (χ2v) is 31.2. The smallest absolute Gasteiger partial charge is 0.182 e. The van der Waals surface area contributed by atoms with Crippen molar-refractivity contribution in [3.63, 3.8) is 0 Å². The summed E-state index contributed by atoms with van der Waals surface area (Å²) in [4.78, 5) is 11.9. The highest BCUT2D eigenvalue weighted by Crippen LogP contribution is 2.44. The molecule has 606 valence electrons. The van der Waals surface area contributed by atoms with Gasteiger partial charge in [-0.1, -0.05) is 349 Å². The SMILES string of the molecule is CCC(=O)c1ccc(-c2nn(C)c3nnc(-c4ccccc4)c(Cl)c23)cc1.Cc1ccc(-c2nn(C)c3nnc(-c4ccccc4)c(Cl)c23)cc1.Cc1ccc(-c2nn(C)c3nnc(-c4ccccc4)c(Cl)c23)cc1.Cc1ccccc1-c1nn(C)c2nnc(-c3ccccc3)c(Cl)c12.Cn1nc(-c2ccc(Cl)cc2)c2c(Cl)c(-c3ccccc3)nnc21. The van der Waals surface area contributed by atoms with Crippen LogP contribution in [0.15, 0.2) is 273 Å². The summed E-state index contributed by atoms with van der Waals surface area (Å²) < 4.78 is 8.53. The van der Waals surface area contributed by atoms with E-state index in [9.17, 15) is 4.79 Å². The van der Waals surface area contributed by atoms with Gasteiger partial charge in [0.2, 0.25) is 0 Å². The van der Waals surface area contributed by atoms with Crippen molar-refractivity contribution in [1.82, 2.24) is 99.9 Å². The van der Waals surface area contributed by atoms with Gasteiger partial charge in [0.05, 0.1) is 52.0 Å². The number of hydrogen-bond donors (Lipinski definition) is 0. The molecular formula is C96H74Cl6N20O. The van der Waals surface area contributed by atoms with Crippen LogP contribution >= 0.6 is 69.6 Å². The summed E-state index contributed by atoms with van der Waals surface area (Å²) in [5.74, 6) is 0.114. The van der Waals surface area contributed by atoms with Crippen molar-refractivity contribution in [3.8, 4) is 113 Å². The zero-order valence-electron chi connectivity index (χ0n) is 67.8. The number of aromatic nitrogens is 20. The summed E-state index contributed by atoms with van der Waals surface area (Å²) in [6.07, 6.45) is 0.480. The van der Waals surface area contributed by atoms with Crippen LogP contribution in [-0.4, -0.2) is 106 Å². The van der Waals surface area contributed by atoms with Gasteiger partial charge < -0.3 is 0 Å². The number of ketones is 1. The van der Waals surface area contributed by atoms with Crippen LogP contribution in [0, 0.1) is 20.8 Å². The lowest BCUT2D eigenvalue weighted by Gasteiger charge is -2.06. The zero-order valence-corrected chi connectivity index (χ0v) is 72.3. The van der Waals surface area contributed by atoms with Crippen molar-refractivity contribution < 1.29 is 4.79 Å². The van der Waals surface area contributed by atoms with Crippen LogP contribution in [0.25, 0.3) is 168 Å². The Bertz CT molecular complexity index is 6850. The lowest BCUT2D eigenvalue weighted by molar-refractivity contribution is 0.0988. The maximum Gasteiger partial charge on any atom is 0.182 e. The molecule has 21 nitrogen and oxygen atoms in total. The van der Waals surface area contributed by atoms with E-state index in [4.69, 9.17) is 69.6 Å². The molecule has 0 fully saturated rings. The number of carbonyl (C=O) groups is 1. The highest BCUT2D eigenvalue weighted by atomic mass is 35.5. The second kappa shape index (κ2) is 36.4. The van der Waals surface area contributed by atoms with E-state index in [1.165, 1.54) is 11.1 Å². The monoisotopic (exact) mass is 1730 g/mol. The van der Waals surface area contributed by atoms with Crippen LogP contribution in [0.5, 0.6) is 0 Å². The summed E-state index contributed by atoms with van der Waals surface area (Å²) in [6, 6.07) is 88.5. The van der Waals surface area contributed by atoms with Gasteiger partial charge in [-0.05, 0) is 38.5 Å². The van der Waals surface area contributed by atoms with E-state index in [-0.39, 0.29) is 5.78 Å². The number of rotatable bonds is 12. The molecule has 10 heterocycles. The van der Waals surface area contributed by atoms with E-state index in [0.717, 1.165) is 117 Å². The summed E-state index contributed by atoms with van der Waals surface area (Å²) in [5, 5.41) is 73.8. The van der Waals surface area contributed by atoms with Gasteiger partial charge in [0.25, 0.3) is 0 Å². The van der Waals surface area contributed by atoms with E-state index in [2.05, 4.69) is 158 Å². The number of fused-ring (bicyclic) bond motifs is 5. The van der Waals surface area contributed by atoms with Crippen LogP contribution < -0.4 is 0 Å². The first-order valence-corrected chi connectivity index (χ1v) is 41.3. The summed E-state index contributed by atoms with van der Waals surface area (Å²) in [5.41, 5.74) is 24.3. The predicted molar refractivity (Wildman–Crippen MR) is 495 cm³/mol. The first-order valence-electron chi connectivity index (χ1n) is 39.0. The molecule has 0 saturated heterocycles. The molecular weight excluding hydrogens is 1660 g/mol. The summed E-state index contributed by atoms with van der Waals surface area (Å²) >= 11 is 39.6. The van der Waals surface area contributed by atoms with E-state index < -0.39 is 0 Å². The molecule has 123 heavy (non-hydrogen) atoms. The number of aryl methyl sites for hydroxylation is 8. The van der Waals surface area contributed by atoms with E-state index >= 15 is 0 Å². The normalized spacial score (nSPS) is 11.1. The molecule has 0 spiro atoms. The zero-order chi connectivity index (χ0) is 85.7. The largest absolute Gasteiger partial charge is 0.294 e. The molecule has 0 N–H and O–H groups in total. The molecule has 0 bridgehead atoms. The Morgan fingerprint density at radius 2 is 0.472 bits per heavy atom. The van der Waals surface area contributed by atoms with Crippen LogP contribution in [0.1, 0.15) is 40.4 Å². The third-order valence-corrected chi connectivity index (χ3v) is 22.7. The Kier molecular flexibility index (Phi) is 24.5. The third kappa shape index (κ3) is 17.0. The molecule has 27 heteroatoms. The van der Waals surface area contributed by atoms with Crippen molar-refractivity contribution in [2.45, 2.75) is 34.1 Å². The first kappa shape index (κ1) is 83.0. The fourth-order valence-corrected chi connectivity index (χ4v) is 16.0. The summed E-state index contributed by atoms with van der Waals surface area (Å²) in [7, 11) is 9.21. The van der Waals surface area contributed by atoms with Crippen LogP contribution in [0.2, 0.25) is 30.1 Å². The molecule has 0 unspecified atom stereocenters. The van der Waals surface area contributed by atoms with Crippen molar-refractivity contribution in [1.29, 1.82) is 0 Å². The van der Waals surface area contributed by atoms with Gasteiger partial charge in [0.15, 0.2) is 34.0 Å². The van der Waals surface area contributed by atoms with Gasteiger partial charge in [-0.15, -0.1) is 51.0 Å². The van der Waals surface area contributed by atoms with Crippen molar-refractivity contribution in [2.75, 3.05) is 0 Å². The molecule has 0 aliphatic heterocycles. The highest BCUT2D eigenvalue weighted by Gasteiger charge is 2.27. The number of Topliss-reactive ketones (excluding diaryl/α,β-unsaturated/α-hetero) is 1. The minimum Gasteiger partial charge on any atom is -0.294 e. The van der Waals surface area contributed by atoms with E-state index in [0.29, 0.717) is 98.8 Å². The summed E-state index contributed by atoms with van der Waals surface area (Å²) in [6.45, 7) is 8.04. The van der Waals surface area contributed by atoms with Crippen LogP contribution in [0.4, 0.5) is 0 Å². The van der Waals surface area contributed by atoms with Crippen molar-refractivity contribution in [3.05, 3.63) is 325 Å².